The summed E-state index contributed by atoms with van der Waals surface area (Å²) in [5.74, 6) is -0.733. The summed E-state index contributed by atoms with van der Waals surface area (Å²) in [6.45, 7) is 3.72. The van der Waals surface area contributed by atoms with Gasteiger partial charge in [0.2, 0.25) is 0 Å². The van der Waals surface area contributed by atoms with Gasteiger partial charge in [0.1, 0.15) is 5.82 Å². The van der Waals surface area contributed by atoms with E-state index in [1.165, 1.54) is 16.8 Å². The van der Waals surface area contributed by atoms with E-state index in [0.29, 0.717) is 22.6 Å². The van der Waals surface area contributed by atoms with Crippen molar-refractivity contribution in [3.63, 3.8) is 0 Å². The highest BCUT2D eigenvalue weighted by atomic mass is 19.1. The largest absolute Gasteiger partial charge is 0.320 e. The summed E-state index contributed by atoms with van der Waals surface area (Å²) in [5.41, 5.74) is 3.80. The molecule has 1 amide bonds. The number of nitrogens with one attached hydrogen (secondary N) is 1. The molecule has 27 heavy (non-hydrogen) atoms. The molecule has 1 aromatic carbocycles. The number of aryl methyl sites for hydroxylation is 2. The molecular formula is C20H16FN5O. The van der Waals surface area contributed by atoms with Crippen LogP contribution in [0.5, 0.6) is 0 Å². The van der Waals surface area contributed by atoms with Crippen molar-refractivity contribution in [3.05, 3.63) is 77.6 Å². The summed E-state index contributed by atoms with van der Waals surface area (Å²) < 4.78 is 15.5. The predicted octanol–water partition coefficient (Wildman–Crippen LogP) is 3.80. The van der Waals surface area contributed by atoms with Gasteiger partial charge in [-0.2, -0.15) is 5.10 Å². The molecule has 0 saturated heterocycles. The van der Waals surface area contributed by atoms with Crippen LogP contribution in [0.4, 0.5) is 10.1 Å². The highest BCUT2D eigenvalue weighted by Crippen LogP contribution is 2.21. The minimum absolute atomic E-state index is 0.260. The first-order chi connectivity index (χ1) is 13.0. The van der Waals surface area contributed by atoms with Gasteiger partial charge in [-0.15, -0.1) is 0 Å². The monoisotopic (exact) mass is 361 g/mol. The molecule has 7 heteroatoms. The lowest BCUT2D eigenvalue weighted by molar-refractivity contribution is 0.102. The molecule has 0 radical (unpaired) electrons. The van der Waals surface area contributed by atoms with E-state index in [9.17, 15) is 9.18 Å². The lowest BCUT2D eigenvalue weighted by Gasteiger charge is -2.08. The van der Waals surface area contributed by atoms with Gasteiger partial charge in [-0.3, -0.25) is 9.78 Å². The first kappa shape index (κ1) is 16.8. The van der Waals surface area contributed by atoms with Crippen LogP contribution >= 0.6 is 0 Å². The Bertz CT molecular complexity index is 1150. The maximum Gasteiger partial charge on any atom is 0.276 e. The smallest absolute Gasteiger partial charge is 0.276 e. The zero-order chi connectivity index (χ0) is 19.0. The molecule has 0 aliphatic heterocycles. The van der Waals surface area contributed by atoms with E-state index in [-0.39, 0.29) is 17.4 Å². The Labute approximate surface area is 154 Å². The molecule has 0 atom stereocenters. The van der Waals surface area contributed by atoms with Crippen molar-refractivity contribution in [3.8, 4) is 11.3 Å². The van der Waals surface area contributed by atoms with Crippen LogP contribution in [0.25, 0.3) is 16.9 Å². The maximum atomic E-state index is 14.1. The molecule has 0 aliphatic carbocycles. The number of imidazole rings is 1. The third kappa shape index (κ3) is 3.27. The van der Waals surface area contributed by atoms with Gasteiger partial charge in [-0.05, 0) is 50.2 Å². The molecule has 3 heterocycles. The number of fused-ring (bicyclic) bond motifs is 1. The van der Waals surface area contributed by atoms with Crippen LogP contribution in [0.15, 0.2) is 54.7 Å². The minimum atomic E-state index is -0.377. The van der Waals surface area contributed by atoms with Crippen molar-refractivity contribution in [2.24, 2.45) is 0 Å². The van der Waals surface area contributed by atoms with Gasteiger partial charge in [0.05, 0.1) is 11.9 Å². The normalized spacial score (nSPS) is 10.9. The van der Waals surface area contributed by atoms with E-state index >= 15 is 0 Å². The summed E-state index contributed by atoms with van der Waals surface area (Å²) in [5, 5.41) is 7.24. The molecule has 0 saturated carbocycles. The molecule has 1 N–H and O–H groups in total. The lowest BCUT2D eigenvalue weighted by atomic mass is 10.1. The Hall–Kier alpha value is -3.61. The number of hydrogen-bond donors (Lipinski definition) is 1. The molecule has 0 aliphatic rings. The van der Waals surface area contributed by atoms with Crippen molar-refractivity contribution < 1.29 is 9.18 Å². The number of pyridine rings is 1. The van der Waals surface area contributed by atoms with Crippen molar-refractivity contribution in [2.75, 3.05) is 5.32 Å². The van der Waals surface area contributed by atoms with Gasteiger partial charge in [0.25, 0.3) is 5.91 Å². The number of aromatic nitrogens is 4. The average Bonchev–Trinajstić information content (AvgIpc) is 3.04. The van der Waals surface area contributed by atoms with E-state index in [0.717, 1.165) is 11.4 Å². The molecule has 134 valence electrons. The number of amides is 1. The second kappa shape index (κ2) is 6.60. The molecule has 0 spiro atoms. The Kier molecular flexibility index (Phi) is 4.12. The Morgan fingerprint density at radius 3 is 2.56 bits per heavy atom. The van der Waals surface area contributed by atoms with E-state index in [1.807, 2.05) is 13.8 Å². The minimum Gasteiger partial charge on any atom is -0.320 e. The van der Waals surface area contributed by atoms with Crippen LogP contribution in [0.2, 0.25) is 0 Å². The third-order valence-electron chi connectivity index (χ3n) is 4.08. The van der Waals surface area contributed by atoms with Crippen LogP contribution in [0.3, 0.4) is 0 Å². The maximum absolute atomic E-state index is 14.1. The summed E-state index contributed by atoms with van der Waals surface area (Å²) in [7, 11) is 0. The van der Waals surface area contributed by atoms with Gasteiger partial charge in [-0.1, -0.05) is 12.1 Å². The summed E-state index contributed by atoms with van der Waals surface area (Å²) in [6.07, 6.45) is 1.45. The number of nitrogens with zero attached hydrogens (tertiary/aromatic N) is 4. The fourth-order valence-corrected chi connectivity index (χ4v) is 2.94. The Balaban J connectivity index is 1.72. The molecule has 0 fully saturated rings. The van der Waals surface area contributed by atoms with Gasteiger partial charge >= 0.3 is 0 Å². The van der Waals surface area contributed by atoms with Crippen molar-refractivity contribution in [1.29, 1.82) is 0 Å². The van der Waals surface area contributed by atoms with Crippen LogP contribution in [0.1, 0.15) is 21.9 Å². The molecule has 6 nitrogen and oxygen atoms in total. The number of carbonyl (C=O) groups excluding carboxylic acids is 1. The van der Waals surface area contributed by atoms with E-state index in [2.05, 4.69) is 20.4 Å². The zero-order valence-electron chi connectivity index (χ0n) is 14.8. The molecule has 3 aromatic heterocycles. The number of carbonyl (C=O) groups is 1. The van der Waals surface area contributed by atoms with Crippen LogP contribution in [0, 0.1) is 19.7 Å². The van der Waals surface area contributed by atoms with Crippen molar-refractivity contribution >= 4 is 17.2 Å². The predicted molar refractivity (Wildman–Crippen MR) is 100 cm³/mol. The van der Waals surface area contributed by atoms with E-state index < -0.39 is 0 Å². The fraction of sp³-hybridized carbons (Fsp3) is 0.100. The zero-order valence-corrected chi connectivity index (χ0v) is 14.8. The SMILES string of the molecule is Cc1cc(NC(=O)c2cnc3ccc(-c4ccccc4F)nn23)cc(C)n1. The Morgan fingerprint density at radius 2 is 1.81 bits per heavy atom. The molecule has 0 unspecified atom stereocenters. The van der Waals surface area contributed by atoms with Crippen LogP contribution in [-0.4, -0.2) is 25.5 Å². The summed E-state index contributed by atoms with van der Waals surface area (Å²) in [4.78, 5) is 21.2. The topological polar surface area (TPSA) is 72.2 Å². The number of anilines is 1. The third-order valence-corrected chi connectivity index (χ3v) is 4.08. The molecule has 0 bridgehead atoms. The Morgan fingerprint density at radius 1 is 1.07 bits per heavy atom. The van der Waals surface area contributed by atoms with E-state index in [4.69, 9.17) is 0 Å². The van der Waals surface area contributed by atoms with Gasteiger partial charge in [0.15, 0.2) is 11.3 Å². The number of halogens is 1. The molecule has 4 rings (SSSR count). The van der Waals surface area contributed by atoms with Gasteiger partial charge in [-0.25, -0.2) is 13.9 Å². The number of hydrogen-bond acceptors (Lipinski definition) is 4. The second-order valence-corrected chi connectivity index (χ2v) is 6.20. The van der Waals surface area contributed by atoms with Crippen molar-refractivity contribution in [1.82, 2.24) is 19.6 Å². The standard InChI is InChI=1S/C20H16FN5O/c1-12-9-14(10-13(2)23-12)24-20(27)18-11-22-19-8-7-17(25-26(18)19)15-5-3-4-6-16(15)21/h3-11H,1-2H3,(H,23,24,27). The van der Waals surface area contributed by atoms with Gasteiger partial charge < -0.3 is 5.32 Å². The summed E-state index contributed by atoms with van der Waals surface area (Å²) in [6, 6.07) is 13.3. The lowest BCUT2D eigenvalue weighted by Crippen LogP contribution is -2.16. The second-order valence-electron chi connectivity index (χ2n) is 6.20. The number of rotatable bonds is 3. The molecular weight excluding hydrogens is 345 g/mol. The highest BCUT2D eigenvalue weighted by Gasteiger charge is 2.15. The fourth-order valence-electron chi connectivity index (χ4n) is 2.94. The van der Waals surface area contributed by atoms with Crippen molar-refractivity contribution in [2.45, 2.75) is 13.8 Å². The summed E-state index contributed by atoms with van der Waals surface area (Å²) >= 11 is 0. The highest BCUT2D eigenvalue weighted by molar-refractivity contribution is 6.03. The van der Waals surface area contributed by atoms with Crippen LogP contribution < -0.4 is 5.32 Å². The van der Waals surface area contributed by atoms with Gasteiger partial charge in [0, 0.05) is 22.6 Å². The first-order valence-electron chi connectivity index (χ1n) is 8.37. The first-order valence-corrected chi connectivity index (χ1v) is 8.37. The van der Waals surface area contributed by atoms with Crippen LogP contribution in [-0.2, 0) is 0 Å². The quantitative estimate of drug-likeness (QED) is 0.602. The molecule has 4 aromatic rings. The average molecular weight is 361 g/mol. The number of benzene rings is 1. The van der Waals surface area contributed by atoms with E-state index in [1.54, 1.807) is 42.5 Å².